The summed E-state index contributed by atoms with van der Waals surface area (Å²) < 4.78 is 32.2. The number of rotatable bonds is 4. The fraction of sp³-hybridized carbons (Fsp3) is 0.421. The molecule has 0 bridgehead atoms. The number of halogens is 2. The Morgan fingerprint density at radius 1 is 1.14 bits per heavy atom. The molecule has 4 rings (SSSR count). The Hall–Kier alpha value is -2.81. The van der Waals surface area contributed by atoms with Gasteiger partial charge in [-0.25, -0.2) is 13.8 Å². The first kappa shape index (κ1) is 18.5. The van der Waals surface area contributed by atoms with Crippen LogP contribution in [-0.4, -0.2) is 53.1 Å². The number of carbonyl (C=O) groups excluding carboxylic acids is 1. The molecule has 1 saturated heterocycles. The van der Waals surface area contributed by atoms with Crippen LogP contribution in [0.25, 0.3) is 0 Å². The molecule has 148 valence electrons. The van der Waals surface area contributed by atoms with E-state index < -0.39 is 11.6 Å². The minimum absolute atomic E-state index is 0.00431. The van der Waals surface area contributed by atoms with Gasteiger partial charge in [0.2, 0.25) is 5.95 Å². The minimum Gasteiger partial charge on any atom is -0.378 e. The van der Waals surface area contributed by atoms with Crippen molar-refractivity contribution >= 4 is 23.4 Å². The lowest BCUT2D eigenvalue weighted by Gasteiger charge is -2.27. The van der Waals surface area contributed by atoms with Crippen LogP contribution in [0.15, 0.2) is 18.2 Å². The number of fused-ring (bicyclic) bond motifs is 1. The Balaban J connectivity index is 1.75. The lowest BCUT2D eigenvalue weighted by molar-refractivity contribution is 0.0726. The molecule has 1 N–H and O–H groups in total. The summed E-state index contributed by atoms with van der Waals surface area (Å²) in [4.78, 5) is 25.6. The van der Waals surface area contributed by atoms with Gasteiger partial charge in [-0.05, 0) is 26.0 Å². The predicted octanol–water partition coefficient (Wildman–Crippen LogP) is 2.70. The summed E-state index contributed by atoms with van der Waals surface area (Å²) in [7, 11) is 0. The van der Waals surface area contributed by atoms with Gasteiger partial charge in [0.1, 0.15) is 11.5 Å². The normalized spacial score (nSPS) is 16.7. The van der Waals surface area contributed by atoms with Gasteiger partial charge >= 0.3 is 0 Å². The monoisotopic (exact) mass is 389 g/mol. The zero-order valence-corrected chi connectivity index (χ0v) is 15.7. The molecule has 3 heterocycles. The molecule has 9 heteroatoms. The van der Waals surface area contributed by atoms with E-state index in [0.717, 1.165) is 12.1 Å². The molecule has 1 aromatic carbocycles. The van der Waals surface area contributed by atoms with Crippen LogP contribution in [-0.2, 0) is 11.3 Å². The first-order valence-corrected chi connectivity index (χ1v) is 9.20. The number of ether oxygens (including phenoxy) is 1. The average molecular weight is 389 g/mol. The molecule has 0 aliphatic carbocycles. The highest BCUT2D eigenvalue weighted by Gasteiger charge is 2.35. The number of anilines is 3. The van der Waals surface area contributed by atoms with Crippen molar-refractivity contribution < 1.29 is 18.3 Å². The van der Waals surface area contributed by atoms with Gasteiger partial charge in [0, 0.05) is 36.4 Å². The molecule has 2 aromatic rings. The van der Waals surface area contributed by atoms with Crippen molar-refractivity contribution in [2.75, 3.05) is 36.5 Å². The van der Waals surface area contributed by atoms with Crippen LogP contribution in [0.3, 0.4) is 0 Å². The number of hydrogen-bond acceptors (Lipinski definition) is 6. The van der Waals surface area contributed by atoms with Gasteiger partial charge < -0.3 is 19.9 Å². The summed E-state index contributed by atoms with van der Waals surface area (Å²) in [6.07, 6.45) is 0. The molecule has 0 radical (unpaired) electrons. The van der Waals surface area contributed by atoms with Crippen LogP contribution in [0.5, 0.6) is 0 Å². The van der Waals surface area contributed by atoms with Crippen molar-refractivity contribution in [2.24, 2.45) is 0 Å². The van der Waals surface area contributed by atoms with Crippen molar-refractivity contribution in [3.63, 3.8) is 0 Å². The van der Waals surface area contributed by atoms with E-state index in [4.69, 9.17) is 4.74 Å². The van der Waals surface area contributed by atoms with Gasteiger partial charge in [-0.2, -0.15) is 4.98 Å². The van der Waals surface area contributed by atoms with Crippen molar-refractivity contribution in [1.29, 1.82) is 0 Å². The van der Waals surface area contributed by atoms with Crippen molar-refractivity contribution in [1.82, 2.24) is 14.9 Å². The van der Waals surface area contributed by atoms with Gasteiger partial charge in [0.15, 0.2) is 11.6 Å². The van der Waals surface area contributed by atoms with E-state index >= 15 is 0 Å². The van der Waals surface area contributed by atoms with Gasteiger partial charge in [-0.3, -0.25) is 4.79 Å². The molecule has 1 amide bonds. The third-order valence-electron chi connectivity index (χ3n) is 4.89. The number of nitrogens with one attached hydrogen (secondary N) is 1. The second-order valence-corrected chi connectivity index (χ2v) is 7.08. The fourth-order valence-corrected chi connectivity index (χ4v) is 3.31. The van der Waals surface area contributed by atoms with Crippen LogP contribution >= 0.6 is 0 Å². The molecular weight excluding hydrogens is 368 g/mol. The molecule has 1 fully saturated rings. The average Bonchev–Trinajstić information content (AvgIpc) is 3.03. The van der Waals surface area contributed by atoms with Crippen molar-refractivity contribution in [2.45, 2.75) is 26.4 Å². The second kappa shape index (κ2) is 7.31. The van der Waals surface area contributed by atoms with E-state index in [0.29, 0.717) is 61.6 Å². The lowest BCUT2D eigenvalue weighted by atomic mass is 10.2. The fourth-order valence-electron chi connectivity index (χ4n) is 3.31. The standard InChI is InChI=1S/C19H21F2N5O2/c1-11(2)26-10-13-16(18(26)27)23-19(25-5-7-28-8-6-25)24-17(13)22-12-3-4-14(20)15(21)9-12/h3-4,9,11H,5-8,10H2,1-2H3,(H,22,23,24). The molecule has 2 aliphatic rings. The van der Waals surface area contributed by atoms with Crippen LogP contribution in [0.4, 0.5) is 26.2 Å². The predicted molar refractivity (Wildman–Crippen MR) is 99.7 cm³/mol. The van der Waals surface area contributed by atoms with E-state index in [1.54, 1.807) is 4.90 Å². The molecule has 28 heavy (non-hydrogen) atoms. The number of nitrogens with zero attached hydrogens (tertiary/aromatic N) is 4. The number of morpholine rings is 1. The summed E-state index contributed by atoms with van der Waals surface area (Å²) in [6, 6.07) is 3.55. The zero-order chi connectivity index (χ0) is 19.8. The van der Waals surface area contributed by atoms with Crippen LogP contribution in [0, 0.1) is 11.6 Å². The van der Waals surface area contributed by atoms with Gasteiger partial charge in [0.25, 0.3) is 5.91 Å². The molecule has 7 nitrogen and oxygen atoms in total. The number of hydrogen-bond donors (Lipinski definition) is 1. The third-order valence-corrected chi connectivity index (χ3v) is 4.89. The van der Waals surface area contributed by atoms with Crippen LogP contribution in [0.1, 0.15) is 29.9 Å². The summed E-state index contributed by atoms with van der Waals surface area (Å²) in [5, 5.41) is 3.04. The highest BCUT2D eigenvalue weighted by molar-refractivity contribution is 5.98. The Labute approximate surface area is 161 Å². The highest BCUT2D eigenvalue weighted by Crippen LogP contribution is 2.32. The Kier molecular flexibility index (Phi) is 4.84. The molecule has 0 unspecified atom stereocenters. The van der Waals surface area contributed by atoms with Crippen LogP contribution < -0.4 is 10.2 Å². The van der Waals surface area contributed by atoms with E-state index in [9.17, 15) is 13.6 Å². The summed E-state index contributed by atoms with van der Waals surface area (Å²) in [6.45, 7) is 6.57. The molecular formula is C19H21F2N5O2. The van der Waals surface area contributed by atoms with Gasteiger partial charge in [-0.15, -0.1) is 0 Å². The van der Waals surface area contributed by atoms with E-state index in [-0.39, 0.29) is 11.9 Å². The third kappa shape index (κ3) is 3.37. The first-order chi connectivity index (χ1) is 13.4. The maximum Gasteiger partial charge on any atom is 0.273 e. The summed E-state index contributed by atoms with van der Waals surface area (Å²) >= 11 is 0. The highest BCUT2D eigenvalue weighted by atomic mass is 19.2. The van der Waals surface area contributed by atoms with Gasteiger partial charge in [0.05, 0.1) is 19.8 Å². The zero-order valence-electron chi connectivity index (χ0n) is 15.7. The molecule has 0 saturated carbocycles. The van der Waals surface area contributed by atoms with E-state index in [2.05, 4.69) is 15.3 Å². The lowest BCUT2D eigenvalue weighted by Crippen LogP contribution is -2.37. The number of benzene rings is 1. The smallest absolute Gasteiger partial charge is 0.273 e. The first-order valence-electron chi connectivity index (χ1n) is 9.20. The SMILES string of the molecule is CC(C)N1Cc2c(Nc3ccc(F)c(F)c3)nc(N3CCOCC3)nc2C1=O. The van der Waals surface area contributed by atoms with Gasteiger partial charge in [-0.1, -0.05) is 0 Å². The van der Waals surface area contributed by atoms with E-state index in [1.807, 2.05) is 18.7 Å². The number of carbonyl (C=O) groups is 1. The Bertz CT molecular complexity index is 915. The number of amides is 1. The topological polar surface area (TPSA) is 70.6 Å². The van der Waals surface area contributed by atoms with E-state index in [1.165, 1.54) is 6.07 Å². The maximum absolute atomic E-state index is 13.6. The Morgan fingerprint density at radius 2 is 1.89 bits per heavy atom. The summed E-state index contributed by atoms with van der Waals surface area (Å²) in [5.74, 6) is -1.19. The molecule has 0 atom stereocenters. The molecule has 0 spiro atoms. The number of aromatic nitrogens is 2. The quantitative estimate of drug-likeness (QED) is 0.867. The van der Waals surface area contributed by atoms with Crippen LogP contribution in [0.2, 0.25) is 0 Å². The maximum atomic E-state index is 13.6. The minimum atomic E-state index is -0.955. The second-order valence-electron chi connectivity index (χ2n) is 7.08. The largest absolute Gasteiger partial charge is 0.378 e. The van der Waals surface area contributed by atoms with Crippen molar-refractivity contribution in [3.8, 4) is 0 Å². The summed E-state index contributed by atoms with van der Waals surface area (Å²) in [5.41, 5.74) is 1.35. The molecule has 2 aliphatic heterocycles. The molecule has 1 aromatic heterocycles. The Morgan fingerprint density at radius 3 is 2.57 bits per heavy atom. The van der Waals surface area contributed by atoms with Crippen molar-refractivity contribution in [3.05, 3.63) is 41.1 Å².